The molecule has 1 aliphatic rings. The minimum atomic E-state index is -0.954. The van der Waals surface area contributed by atoms with Crippen molar-refractivity contribution in [1.29, 1.82) is 0 Å². The van der Waals surface area contributed by atoms with Crippen molar-refractivity contribution >= 4 is 12.2 Å². The molecule has 1 atom stereocenters. The van der Waals surface area contributed by atoms with Gasteiger partial charge in [-0.15, -0.1) is 0 Å². The van der Waals surface area contributed by atoms with Crippen molar-refractivity contribution in [1.82, 2.24) is 9.97 Å². The maximum absolute atomic E-state index is 11.4. The Hall–Kier alpha value is -2.95. The summed E-state index contributed by atoms with van der Waals surface area (Å²) in [7, 11) is 0. The third-order valence-electron chi connectivity index (χ3n) is 5.63. The van der Waals surface area contributed by atoms with E-state index in [2.05, 4.69) is 60.9 Å². The van der Waals surface area contributed by atoms with Crippen LogP contribution in [0.2, 0.25) is 0 Å². The minimum Gasteiger partial charge on any atom is -0.480 e. The van der Waals surface area contributed by atoms with E-state index in [4.69, 9.17) is 0 Å². The number of carboxylic acids is 1. The van der Waals surface area contributed by atoms with Gasteiger partial charge < -0.3 is 10.1 Å². The number of aliphatic imine (C=N–C) groups is 1. The van der Waals surface area contributed by atoms with Gasteiger partial charge in [0.05, 0.1) is 6.33 Å². The molecular weight excluding hydrogens is 386 g/mol. The molecule has 1 unspecified atom stereocenters. The summed E-state index contributed by atoms with van der Waals surface area (Å²) in [5.74, 6) is -0.954. The Morgan fingerprint density at radius 1 is 1.29 bits per heavy atom. The Bertz CT molecular complexity index is 926. The summed E-state index contributed by atoms with van der Waals surface area (Å²) in [5, 5.41) is 9.33. The molecule has 0 amide bonds. The molecular formula is C26H35N3O2. The zero-order valence-corrected chi connectivity index (χ0v) is 19.4. The highest BCUT2D eigenvalue weighted by Crippen LogP contribution is 2.40. The van der Waals surface area contributed by atoms with Crippen molar-refractivity contribution in [2.24, 2.45) is 10.4 Å². The SMILES string of the molecule is CC1=C(/C=C/C(C)=C/C=C/C(C)=C/C=NC(Cc2cnc[nH]2)C(=O)O)C(C)(C)CCC1. The number of aromatic nitrogens is 2. The number of carbonyl (C=O) groups is 1. The summed E-state index contributed by atoms with van der Waals surface area (Å²) >= 11 is 0. The van der Waals surface area contributed by atoms with Gasteiger partial charge in [-0.1, -0.05) is 55.4 Å². The van der Waals surface area contributed by atoms with Gasteiger partial charge in [0.1, 0.15) is 0 Å². The van der Waals surface area contributed by atoms with Gasteiger partial charge in [-0.3, -0.25) is 4.99 Å². The van der Waals surface area contributed by atoms with E-state index in [1.54, 1.807) is 12.4 Å². The van der Waals surface area contributed by atoms with Crippen LogP contribution in [0.3, 0.4) is 0 Å². The van der Waals surface area contributed by atoms with Gasteiger partial charge in [-0.05, 0) is 62.7 Å². The van der Waals surface area contributed by atoms with Crippen LogP contribution < -0.4 is 0 Å². The lowest BCUT2D eigenvalue weighted by molar-refractivity contribution is -0.138. The van der Waals surface area contributed by atoms with Crippen molar-refractivity contribution in [2.45, 2.75) is 66.3 Å². The topological polar surface area (TPSA) is 78.3 Å². The largest absolute Gasteiger partial charge is 0.480 e. The van der Waals surface area contributed by atoms with Crippen LogP contribution in [0.25, 0.3) is 0 Å². The van der Waals surface area contributed by atoms with Gasteiger partial charge in [-0.25, -0.2) is 9.78 Å². The molecule has 0 radical (unpaired) electrons. The minimum absolute atomic E-state index is 0.249. The van der Waals surface area contributed by atoms with Crippen LogP contribution >= 0.6 is 0 Å². The lowest BCUT2D eigenvalue weighted by Gasteiger charge is -2.32. The Morgan fingerprint density at radius 2 is 2.03 bits per heavy atom. The van der Waals surface area contributed by atoms with Crippen LogP contribution in [0.1, 0.15) is 59.6 Å². The lowest BCUT2D eigenvalue weighted by Crippen LogP contribution is -2.20. The Labute approximate surface area is 186 Å². The molecule has 1 heterocycles. The second-order valence-corrected chi connectivity index (χ2v) is 8.88. The van der Waals surface area contributed by atoms with E-state index in [1.807, 2.05) is 25.2 Å². The fourth-order valence-electron chi connectivity index (χ4n) is 3.76. The van der Waals surface area contributed by atoms with Crippen LogP contribution in [-0.4, -0.2) is 33.3 Å². The fraction of sp³-hybridized carbons (Fsp3) is 0.423. The molecule has 0 aliphatic heterocycles. The normalized spacial score (nSPS) is 19.1. The second-order valence-electron chi connectivity index (χ2n) is 8.88. The first-order valence-corrected chi connectivity index (χ1v) is 10.8. The van der Waals surface area contributed by atoms with Crippen molar-refractivity contribution in [3.05, 3.63) is 77.0 Å². The van der Waals surface area contributed by atoms with Crippen molar-refractivity contribution in [2.75, 3.05) is 0 Å². The van der Waals surface area contributed by atoms with Crippen LogP contribution in [0.5, 0.6) is 0 Å². The lowest BCUT2D eigenvalue weighted by atomic mass is 9.72. The smallest absolute Gasteiger partial charge is 0.328 e. The van der Waals surface area contributed by atoms with Crippen molar-refractivity contribution in [3.63, 3.8) is 0 Å². The summed E-state index contributed by atoms with van der Waals surface area (Å²) in [4.78, 5) is 22.4. The Morgan fingerprint density at radius 3 is 2.68 bits per heavy atom. The van der Waals surface area contributed by atoms with E-state index in [-0.39, 0.29) is 11.8 Å². The highest BCUT2D eigenvalue weighted by atomic mass is 16.4. The number of imidazole rings is 1. The molecule has 0 saturated heterocycles. The standard InChI is InChI=1S/C26H35N3O2/c1-19(11-12-23-21(3)10-7-14-26(23,4)5)8-6-9-20(2)13-15-28-24(25(30)31)16-22-17-27-18-29-22/h6,8-9,11-13,15,17-18,24H,7,10,14,16H2,1-5H3,(H,27,29)(H,30,31)/b9-6+,12-11+,19-8+,20-13+,28-15?. The first kappa shape index (κ1) is 24.3. The summed E-state index contributed by atoms with van der Waals surface area (Å²) < 4.78 is 0. The molecule has 0 aromatic carbocycles. The summed E-state index contributed by atoms with van der Waals surface area (Å²) in [6.07, 6.45) is 21.1. The number of nitrogens with one attached hydrogen (secondary N) is 1. The monoisotopic (exact) mass is 421 g/mol. The number of allylic oxidation sites excluding steroid dienone is 10. The van der Waals surface area contributed by atoms with Crippen LogP contribution in [0.15, 0.2) is 76.3 Å². The molecule has 0 fully saturated rings. The molecule has 5 nitrogen and oxygen atoms in total. The summed E-state index contributed by atoms with van der Waals surface area (Å²) in [6, 6.07) is -0.831. The number of aromatic amines is 1. The molecule has 1 aliphatic carbocycles. The number of rotatable bonds is 9. The Balaban J connectivity index is 1.95. The molecule has 1 aromatic heterocycles. The first-order chi connectivity index (χ1) is 14.7. The van der Waals surface area contributed by atoms with E-state index < -0.39 is 12.0 Å². The second kappa shape index (κ2) is 11.4. The molecule has 2 N–H and O–H groups in total. The van der Waals surface area contributed by atoms with E-state index in [1.165, 1.54) is 42.3 Å². The van der Waals surface area contributed by atoms with E-state index in [9.17, 15) is 9.90 Å². The maximum atomic E-state index is 11.4. The molecule has 5 heteroatoms. The van der Waals surface area contributed by atoms with Crippen molar-refractivity contribution < 1.29 is 9.90 Å². The van der Waals surface area contributed by atoms with Gasteiger partial charge in [0, 0.05) is 24.5 Å². The van der Waals surface area contributed by atoms with Gasteiger partial charge in [0.25, 0.3) is 0 Å². The van der Waals surface area contributed by atoms with Crippen LogP contribution in [0.4, 0.5) is 0 Å². The molecule has 0 spiro atoms. The zero-order valence-electron chi connectivity index (χ0n) is 19.4. The highest BCUT2D eigenvalue weighted by Gasteiger charge is 2.26. The summed E-state index contributed by atoms with van der Waals surface area (Å²) in [5.41, 5.74) is 6.14. The zero-order chi connectivity index (χ0) is 22.9. The molecule has 0 saturated carbocycles. The number of hydrogen-bond acceptors (Lipinski definition) is 3. The maximum Gasteiger partial charge on any atom is 0.328 e. The van der Waals surface area contributed by atoms with Crippen LogP contribution in [-0.2, 0) is 11.2 Å². The van der Waals surface area contributed by atoms with Crippen molar-refractivity contribution in [3.8, 4) is 0 Å². The third-order valence-corrected chi connectivity index (χ3v) is 5.63. The van der Waals surface area contributed by atoms with Gasteiger partial charge in [0.15, 0.2) is 6.04 Å². The third kappa shape index (κ3) is 8.00. The molecule has 1 aromatic rings. The fourth-order valence-corrected chi connectivity index (χ4v) is 3.76. The van der Waals surface area contributed by atoms with Gasteiger partial charge in [-0.2, -0.15) is 0 Å². The average Bonchev–Trinajstić information content (AvgIpc) is 3.19. The van der Waals surface area contributed by atoms with Crippen LogP contribution in [0, 0.1) is 5.41 Å². The number of hydrogen-bond donors (Lipinski definition) is 2. The first-order valence-electron chi connectivity index (χ1n) is 10.8. The van der Waals surface area contributed by atoms with Gasteiger partial charge in [0.2, 0.25) is 0 Å². The number of aliphatic carboxylic acids is 1. The quantitative estimate of drug-likeness (QED) is 0.379. The molecule has 0 bridgehead atoms. The molecule has 2 rings (SSSR count). The number of nitrogens with zero attached hydrogens (tertiary/aromatic N) is 2. The number of carboxylic acid groups (broad SMARTS) is 1. The molecule has 31 heavy (non-hydrogen) atoms. The summed E-state index contributed by atoms with van der Waals surface area (Å²) in [6.45, 7) is 11.0. The predicted molar refractivity (Wildman–Crippen MR) is 128 cm³/mol. The highest BCUT2D eigenvalue weighted by molar-refractivity contribution is 5.80. The van der Waals surface area contributed by atoms with E-state index in [0.717, 1.165) is 11.3 Å². The average molecular weight is 422 g/mol. The molecule has 166 valence electrons. The van der Waals surface area contributed by atoms with E-state index >= 15 is 0 Å². The Kier molecular flexibility index (Phi) is 8.98. The van der Waals surface area contributed by atoms with E-state index in [0.29, 0.717) is 0 Å². The van der Waals surface area contributed by atoms with Gasteiger partial charge >= 0.3 is 5.97 Å². The predicted octanol–water partition coefficient (Wildman–Crippen LogP) is 6.01. The number of H-pyrrole nitrogens is 1.